The summed E-state index contributed by atoms with van der Waals surface area (Å²) in [5.74, 6) is -1.44. The Morgan fingerprint density at radius 3 is 2.68 bits per heavy atom. The van der Waals surface area contributed by atoms with Crippen LogP contribution in [-0.2, 0) is 14.6 Å². The third-order valence-electron chi connectivity index (χ3n) is 2.99. The first-order valence-electron chi connectivity index (χ1n) is 5.63. The monoisotopic (exact) mass is 303 g/mol. The number of likely N-dealkylation sites (tertiary alicyclic amines) is 1. The zero-order chi connectivity index (χ0) is 14.2. The van der Waals surface area contributed by atoms with Gasteiger partial charge in [-0.1, -0.05) is 0 Å². The van der Waals surface area contributed by atoms with Gasteiger partial charge in [-0.15, -0.1) is 11.3 Å². The van der Waals surface area contributed by atoms with E-state index in [1.165, 1.54) is 16.3 Å². The molecule has 0 aromatic carbocycles. The molecule has 1 amide bonds. The lowest BCUT2D eigenvalue weighted by atomic mass is 10.2. The molecule has 1 aliphatic rings. The van der Waals surface area contributed by atoms with E-state index in [9.17, 15) is 18.0 Å². The third kappa shape index (κ3) is 2.79. The summed E-state index contributed by atoms with van der Waals surface area (Å²) < 4.78 is 22.8. The van der Waals surface area contributed by atoms with Gasteiger partial charge in [-0.2, -0.15) is 0 Å². The van der Waals surface area contributed by atoms with Crippen LogP contribution in [0.3, 0.4) is 0 Å². The SMILES string of the molecule is CS(=O)(=O)c1cc(C(=O)N2CCC[C@@H]2C(=O)O)cs1. The molecule has 1 N–H and O–H groups in total. The summed E-state index contributed by atoms with van der Waals surface area (Å²) in [7, 11) is -3.34. The lowest BCUT2D eigenvalue weighted by molar-refractivity contribution is -0.141. The Morgan fingerprint density at radius 1 is 1.47 bits per heavy atom. The number of nitrogens with zero attached hydrogens (tertiary/aromatic N) is 1. The van der Waals surface area contributed by atoms with Crippen LogP contribution in [0.25, 0.3) is 0 Å². The molecule has 1 saturated heterocycles. The lowest BCUT2D eigenvalue weighted by Crippen LogP contribution is -2.40. The first-order valence-corrected chi connectivity index (χ1v) is 8.40. The number of thiophene rings is 1. The molecule has 0 aliphatic carbocycles. The van der Waals surface area contributed by atoms with Gasteiger partial charge in [0.1, 0.15) is 10.3 Å². The third-order valence-corrected chi connectivity index (χ3v) is 5.75. The molecule has 0 bridgehead atoms. The highest BCUT2D eigenvalue weighted by atomic mass is 32.2. The van der Waals surface area contributed by atoms with E-state index in [0.717, 1.165) is 17.6 Å². The molecule has 1 atom stereocenters. The second-order valence-electron chi connectivity index (χ2n) is 4.42. The van der Waals surface area contributed by atoms with Crippen molar-refractivity contribution in [3.63, 3.8) is 0 Å². The Labute approximate surface area is 114 Å². The van der Waals surface area contributed by atoms with Crippen LogP contribution in [0.1, 0.15) is 23.2 Å². The fourth-order valence-corrected chi connectivity index (χ4v) is 3.85. The highest BCUT2D eigenvalue weighted by molar-refractivity contribution is 7.92. The topological polar surface area (TPSA) is 91.8 Å². The molecule has 0 spiro atoms. The van der Waals surface area contributed by atoms with Gasteiger partial charge in [0.25, 0.3) is 5.91 Å². The van der Waals surface area contributed by atoms with Crippen LogP contribution in [0.2, 0.25) is 0 Å². The van der Waals surface area contributed by atoms with Gasteiger partial charge in [0, 0.05) is 18.2 Å². The van der Waals surface area contributed by atoms with Crippen LogP contribution in [0.4, 0.5) is 0 Å². The standard InChI is InChI=1S/C11H13NO5S2/c1-19(16,17)9-5-7(6-18-9)10(13)12-4-2-3-8(12)11(14)15/h5-6,8H,2-4H2,1H3,(H,14,15)/t8-/m1/s1. The van der Waals surface area contributed by atoms with E-state index in [1.807, 2.05) is 0 Å². The van der Waals surface area contributed by atoms with Gasteiger partial charge in [-0.05, 0) is 18.9 Å². The fourth-order valence-electron chi connectivity index (χ4n) is 2.06. The van der Waals surface area contributed by atoms with Crippen molar-refractivity contribution in [1.82, 2.24) is 4.90 Å². The van der Waals surface area contributed by atoms with Gasteiger partial charge in [0.05, 0.1) is 5.56 Å². The van der Waals surface area contributed by atoms with Crippen molar-refractivity contribution in [2.45, 2.75) is 23.1 Å². The smallest absolute Gasteiger partial charge is 0.326 e. The summed E-state index contributed by atoms with van der Waals surface area (Å²) in [6, 6.07) is 0.494. The Kier molecular flexibility index (Phi) is 3.64. The van der Waals surface area contributed by atoms with Crippen LogP contribution in [0, 0.1) is 0 Å². The summed E-state index contributed by atoms with van der Waals surface area (Å²) in [6.45, 7) is 0.389. The number of carboxylic acids is 1. The number of amides is 1. The normalized spacial score (nSPS) is 19.6. The Hall–Kier alpha value is -1.41. The molecule has 1 aromatic rings. The number of carboxylic acid groups (broad SMARTS) is 1. The van der Waals surface area contributed by atoms with Gasteiger partial charge < -0.3 is 10.0 Å². The van der Waals surface area contributed by atoms with Crippen molar-refractivity contribution in [1.29, 1.82) is 0 Å². The van der Waals surface area contributed by atoms with Crippen LogP contribution in [-0.4, -0.2) is 49.1 Å². The Morgan fingerprint density at radius 2 is 2.16 bits per heavy atom. The molecule has 6 nitrogen and oxygen atoms in total. The second-order valence-corrected chi connectivity index (χ2v) is 7.58. The highest BCUT2D eigenvalue weighted by Gasteiger charge is 2.34. The van der Waals surface area contributed by atoms with E-state index < -0.39 is 27.8 Å². The number of hydrogen-bond acceptors (Lipinski definition) is 5. The van der Waals surface area contributed by atoms with Crippen molar-refractivity contribution in [2.75, 3.05) is 12.8 Å². The lowest BCUT2D eigenvalue weighted by Gasteiger charge is -2.20. The summed E-state index contributed by atoms with van der Waals surface area (Å²) in [5, 5.41) is 10.5. The molecule has 0 radical (unpaired) electrons. The van der Waals surface area contributed by atoms with E-state index in [-0.39, 0.29) is 9.77 Å². The minimum Gasteiger partial charge on any atom is -0.480 e. The Bertz CT molecular complexity index is 619. The zero-order valence-electron chi connectivity index (χ0n) is 10.2. The summed E-state index contributed by atoms with van der Waals surface area (Å²) in [5.41, 5.74) is 0.235. The van der Waals surface area contributed by atoms with Crippen molar-refractivity contribution in [2.24, 2.45) is 0 Å². The number of aliphatic carboxylic acids is 1. The van der Waals surface area contributed by atoms with Crippen LogP contribution < -0.4 is 0 Å². The van der Waals surface area contributed by atoms with Gasteiger partial charge in [0.15, 0.2) is 9.84 Å². The van der Waals surface area contributed by atoms with Crippen molar-refractivity contribution < 1.29 is 23.1 Å². The van der Waals surface area contributed by atoms with Gasteiger partial charge in [-0.3, -0.25) is 4.79 Å². The molecule has 0 saturated carbocycles. The molecular formula is C11H13NO5S2. The molecule has 8 heteroatoms. The van der Waals surface area contributed by atoms with E-state index in [4.69, 9.17) is 5.11 Å². The second kappa shape index (κ2) is 4.93. The summed E-state index contributed by atoms with van der Waals surface area (Å²) >= 11 is 0.970. The highest BCUT2D eigenvalue weighted by Crippen LogP contribution is 2.25. The molecule has 0 unspecified atom stereocenters. The fraction of sp³-hybridized carbons (Fsp3) is 0.455. The minimum absolute atomic E-state index is 0.113. The summed E-state index contributed by atoms with van der Waals surface area (Å²) in [6.07, 6.45) is 2.15. The van der Waals surface area contributed by atoms with E-state index in [0.29, 0.717) is 19.4 Å². The first-order chi connectivity index (χ1) is 8.80. The molecule has 19 heavy (non-hydrogen) atoms. The van der Waals surface area contributed by atoms with Crippen molar-refractivity contribution >= 4 is 33.1 Å². The number of hydrogen-bond donors (Lipinski definition) is 1. The predicted octanol–water partition coefficient (Wildman–Crippen LogP) is 0.841. The first kappa shape index (κ1) is 14.0. The average Bonchev–Trinajstić information content (AvgIpc) is 2.96. The largest absolute Gasteiger partial charge is 0.480 e. The maximum absolute atomic E-state index is 12.2. The molecule has 104 valence electrons. The molecule has 1 fully saturated rings. The van der Waals surface area contributed by atoms with E-state index in [2.05, 4.69) is 0 Å². The van der Waals surface area contributed by atoms with Crippen LogP contribution in [0.5, 0.6) is 0 Å². The summed E-state index contributed by atoms with van der Waals surface area (Å²) in [4.78, 5) is 24.5. The van der Waals surface area contributed by atoms with E-state index in [1.54, 1.807) is 0 Å². The molecule has 1 aromatic heterocycles. The average molecular weight is 303 g/mol. The van der Waals surface area contributed by atoms with Crippen molar-refractivity contribution in [3.8, 4) is 0 Å². The van der Waals surface area contributed by atoms with Crippen LogP contribution in [0.15, 0.2) is 15.7 Å². The van der Waals surface area contributed by atoms with E-state index >= 15 is 0 Å². The number of rotatable bonds is 3. The molecule has 1 aliphatic heterocycles. The van der Waals surface area contributed by atoms with Crippen LogP contribution >= 0.6 is 11.3 Å². The maximum Gasteiger partial charge on any atom is 0.326 e. The van der Waals surface area contributed by atoms with Gasteiger partial charge in [0.2, 0.25) is 0 Å². The molecule has 2 rings (SSSR count). The molecular weight excluding hydrogens is 290 g/mol. The van der Waals surface area contributed by atoms with Gasteiger partial charge in [-0.25, -0.2) is 13.2 Å². The zero-order valence-corrected chi connectivity index (χ0v) is 11.8. The number of sulfone groups is 1. The van der Waals surface area contributed by atoms with Gasteiger partial charge >= 0.3 is 5.97 Å². The predicted molar refractivity (Wildman–Crippen MR) is 69.1 cm³/mol. The quantitative estimate of drug-likeness (QED) is 0.893. The minimum atomic E-state index is -3.34. The molecule has 2 heterocycles. The Balaban J connectivity index is 2.25. The van der Waals surface area contributed by atoms with Crippen molar-refractivity contribution in [3.05, 3.63) is 17.0 Å². The number of carbonyl (C=O) groups is 2. The number of carbonyl (C=O) groups excluding carboxylic acids is 1. The maximum atomic E-state index is 12.2.